The second-order valence-corrected chi connectivity index (χ2v) is 9.59. The predicted octanol–water partition coefficient (Wildman–Crippen LogP) is 2.80. The van der Waals surface area contributed by atoms with Gasteiger partial charge in [-0.1, -0.05) is 0 Å². The quantitative estimate of drug-likeness (QED) is 0.851. The second-order valence-electron chi connectivity index (χ2n) is 9.59. The fourth-order valence-electron chi connectivity index (χ4n) is 7.23. The zero-order chi connectivity index (χ0) is 14.8. The van der Waals surface area contributed by atoms with E-state index < -0.39 is 0 Å². The van der Waals surface area contributed by atoms with Crippen molar-refractivity contribution in [2.45, 2.75) is 57.8 Å². The highest BCUT2D eigenvalue weighted by molar-refractivity contribution is 5.77. The van der Waals surface area contributed by atoms with Gasteiger partial charge in [0.25, 0.3) is 0 Å². The van der Waals surface area contributed by atoms with Crippen LogP contribution >= 0.6 is 0 Å². The number of amides is 1. The number of nitrogens with zero attached hydrogens (tertiary/aromatic N) is 1. The molecule has 3 nitrogen and oxygen atoms in total. The van der Waals surface area contributed by atoms with E-state index in [1.807, 2.05) is 0 Å². The van der Waals surface area contributed by atoms with Crippen molar-refractivity contribution in [3.05, 3.63) is 0 Å². The Hall–Kier alpha value is -0.570. The molecule has 122 valence electrons. The summed E-state index contributed by atoms with van der Waals surface area (Å²) >= 11 is 0. The molecule has 0 aromatic heterocycles. The van der Waals surface area contributed by atoms with Crippen LogP contribution in [0.1, 0.15) is 57.8 Å². The molecule has 3 heteroatoms. The molecule has 1 unspecified atom stereocenters. The molecule has 6 rings (SSSR count). The Morgan fingerprint density at radius 1 is 1.05 bits per heavy atom. The van der Waals surface area contributed by atoms with Crippen LogP contribution in [-0.2, 0) is 4.79 Å². The normalized spacial score (nSPS) is 49.5. The van der Waals surface area contributed by atoms with Gasteiger partial charge < -0.3 is 10.2 Å². The Labute approximate surface area is 134 Å². The molecule has 4 aliphatic carbocycles. The third-order valence-corrected chi connectivity index (χ3v) is 7.81. The summed E-state index contributed by atoms with van der Waals surface area (Å²) < 4.78 is 0. The van der Waals surface area contributed by atoms with Gasteiger partial charge in [-0.2, -0.15) is 0 Å². The smallest absolute Gasteiger partial charge is 0.223 e. The van der Waals surface area contributed by atoms with Crippen molar-refractivity contribution in [2.24, 2.45) is 28.6 Å². The first-order valence-corrected chi connectivity index (χ1v) is 9.62. The molecule has 2 heterocycles. The number of rotatable bonds is 2. The Morgan fingerprint density at radius 3 is 2.32 bits per heavy atom. The summed E-state index contributed by atoms with van der Waals surface area (Å²) in [7, 11) is 0. The van der Waals surface area contributed by atoms with Crippen LogP contribution in [0, 0.1) is 28.6 Å². The third-order valence-electron chi connectivity index (χ3n) is 7.81. The van der Waals surface area contributed by atoms with E-state index in [1.165, 1.54) is 51.4 Å². The monoisotopic (exact) mass is 302 g/mol. The first kappa shape index (κ1) is 13.8. The Balaban J connectivity index is 1.27. The lowest BCUT2D eigenvalue weighted by molar-refractivity contribution is -0.138. The zero-order valence-corrected chi connectivity index (χ0v) is 13.8. The van der Waals surface area contributed by atoms with Gasteiger partial charge in [0.1, 0.15) is 0 Å². The number of carbonyl (C=O) groups excluding carboxylic acids is 1. The predicted molar refractivity (Wildman–Crippen MR) is 86.3 cm³/mol. The van der Waals surface area contributed by atoms with Crippen LogP contribution in [0.5, 0.6) is 0 Å². The molecule has 0 aromatic carbocycles. The van der Waals surface area contributed by atoms with E-state index in [4.69, 9.17) is 0 Å². The molecule has 2 aliphatic heterocycles. The van der Waals surface area contributed by atoms with E-state index in [1.54, 1.807) is 0 Å². The Morgan fingerprint density at radius 2 is 1.73 bits per heavy atom. The summed E-state index contributed by atoms with van der Waals surface area (Å²) in [4.78, 5) is 15.2. The molecule has 1 atom stereocenters. The number of hydrogen-bond donors (Lipinski definition) is 1. The standard InChI is InChI=1S/C19H30N2O/c22-17(21-4-2-18(13-21)1-3-20-12-18)11-19-8-14-5-15(9-19)7-16(6-14)10-19/h14-16,20H,1-13H2. The molecule has 1 amide bonds. The summed E-state index contributed by atoms with van der Waals surface area (Å²) in [5.74, 6) is 3.37. The van der Waals surface area contributed by atoms with E-state index >= 15 is 0 Å². The van der Waals surface area contributed by atoms with Gasteiger partial charge in [0.2, 0.25) is 5.91 Å². The SMILES string of the molecule is O=C(CC12CC3CC(CC(C3)C1)C2)N1CCC2(CCNC2)C1. The van der Waals surface area contributed by atoms with Crippen molar-refractivity contribution in [1.29, 1.82) is 0 Å². The van der Waals surface area contributed by atoms with Gasteiger partial charge in [0.15, 0.2) is 0 Å². The Kier molecular flexibility index (Phi) is 2.97. The average Bonchev–Trinajstić information content (AvgIpc) is 3.07. The van der Waals surface area contributed by atoms with Crippen LogP contribution < -0.4 is 5.32 Å². The number of hydrogen-bond acceptors (Lipinski definition) is 2. The third kappa shape index (κ3) is 2.15. The molecule has 2 saturated heterocycles. The first-order valence-electron chi connectivity index (χ1n) is 9.62. The molecule has 0 radical (unpaired) electrons. The van der Waals surface area contributed by atoms with Crippen molar-refractivity contribution in [3.63, 3.8) is 0 Å². The van der Waals surface area contributed by atoms with Gasteiger partial charge in [-0.05, 0) is 81.1 Å². The van der Waals surface area contributed by atoms with Gasteiger partial charge in [-0.15, -0.1) is 0 Å². The average molecular weight is 302 g/mol. The molecule has 4 bridgehead atoms. The van der Waals surface area contributed by atoms with E-state index in [0.29, 0.717) is 16.7 Å². The summed E-state index contributed by atoms with van der Waals surface area (Å²) in [5, 5.41) is 3.50. The highest BCUT2D eigenvalue weighted by atomic mass is 16.2. The molecule has 1 spiro atoms. The van der Waals surface area contributed by atoms with Gasteiger partial charge in [-0.3, -0.25) is 4.79 Å². The maximum atomic E-state index is 13.0. The molecule has 4 saturated carbocycles. The van der Waals surface area contributed by atoms with Crippen LogP contribution in [0.15, 0.2) is 0 Å². The van der Waals surface area contributed by atoms with E-state index in [-0.39, 0.29) is 0 Å². The highest BCUT2D eigenvalue weighted by Crippen LogP contribution is 2.61. The van der Waals surface area contributed by atoms with Crippen LogP contribution in [0.25, 0.3) is 0 Å². The molecule has 6 fully saturated rings. The minimum absolute atomic E-state index is 0.412. The van der Waals surface area contributed by atoms with Gasteiger partial charge >= 0.3 is 0 Å². The highest BCUT2D eigenvalue weighted by Gasteiger charge is 2.52. The maximum Gasteiger partial charge on any atom is 0.223 e. The number of nitrogens with one attached hydrogen (secondary N) is 1. The number of likely N-dealkylation sites (tertiary alicyclic amines) is 1. The minimum Gasteiger partial charge on any atom is -0.342 e. The van der Waals surface area contributed by atoms with Crippen LogP contribution in [-0.4, -0.2) is 37.0 Å². The lowest BCUT2D eigenvalue weighted by Crippen LogP contribution is -2.48. The fraction of sp³-hybridized carbons (Fsp3) is 0.947. The van der Waals surface area contributed by atoms with E-state index in [0.717, 1.165) is 50.4 Å². The van der Waals surface area contributed by atoms with Crippen molar-refractivity contribution in [2.75, 3.05) is 26.2 Å². The summed E-state index contributed by atoms with van der Waals surface area (Å²) in [6, 6.07) is 0. The lowest BCUT2D eigenvalue weighted by Gasteiger charge is -2.57. The van der Waals surface area contributed by atoms with Crippen molar-refractivity contribution >= 4 is 5.91 Å². The molecule has 22 heavy (non-hydrogen) atoms. The molecular formula is C19H30N2O. The van der Waals surface area contributed by atoms with Gasteiger partial charge in [0, 0.05) is 31.5 Å². The molecule has 1 N–H and O–H groups in total. The molecule has 0 aromatic rings. The fourth-order valence-corrected chi connectivity index (χ4v) is 7.23. The van der Waals surface area contributed by atoms with Crippen LogP contribution in [0.2, 0.25) is 0 Å². The van der Waals surface area contributed by atoms with Crippen LogP contribution in [0.4, 0.5) is 0 Å². The summed E-state index contributed by atoms with van der Waals surface area (Å²) in [6.45, 7) is 4.34. The van der Waals surface area contributed by atoms with Crippen molar-refractivity contribution in [3.8, 4) is 0 Å². The maximum absolute atomic E-state index is 13.0. The topological polar surface area (TPSA) is 32.3 Å². The van der Waals surface area contributed by atoms with Gasteiger partial charge in [-0.25, -0.2) is 0 Å². The summed E-state index contributed by atoms with van der Waals surface area (Å²) in [5.41, 5.74) is 0.840. The minimum atomic E-state index is 0.412. The van der Waals surface area contributed by atoms with Crippen molar-refractivity contribution < 1.29 is 4.79 Å². The zero-order valence-electron chi connectivity index (χ0n) is 13.8. The Bertz CT molecular complexity index is 445. The second kappa shape index (κ2) is 4.72. The van der Waals surface area contributed by atoms with Gasteiger partial charge in [0.05, 0.1) is 0 Å². The number of carbonyl (C=O) groups is 1. The molecule has 6 aliphatic rings. The summed E-state index contributed by atoms with van der Waals surface area (Å²) in [6.07, 6.45) is 11.9. The molecular weight excluding hydrogens is 272 g/mol. The van der Waals surface area contributed by atoms with Crippen LogP contribution in [0.3, 0.4) is 0 Å². The van der Waals surface area contributed by atoms with Crippen molar-refractivity contribution in [1.82, 2.24) is 10.2 Å². The lowest BCUT2D eigenvalue weighted by atomic mass is 9.49. The largest absolute Gasteiger partial charge is 0.342 e. The van der Waals surface area contributed by atoms with E-state index in [9.17, 15) is 4.79 Å². The van der Waals surface area contributed by atoms with E-state index in [2.05, 4.69) is 10.2 Å². The first-order chi connectivity index (χ1) is 10.6.